The van der Waals surface area contributed by atoms with E-state index in [0.29, 0.717) is 17.6 Å². The van der Waals surface area contributed by atoms with Crippen LogP contribution < -0.4 is 5.73 Å². The van der Waals surface area contributed by atoms with Crippen LogP contribution in [-0.4, -0.2) is 41.0 Å². The van der Waals surface area contributed by atoms with Gasteiger partial charge in [0.1, 0.15) is 12.7 Å². The number of carbonyl (C=O) groups is 1. The molecular weight excluding hydrogens is 422 g/mol. The van der Waals surface area contributed by atoms with Crippen LogP contribution in [0.4, 0.5) is 0 Å². The number of aliphatic imine (C=N–C) groups is 1. The van der Waals surface area contributed by atoms with Crippen LogP contribution >= 0.6 is 0 Å². The lowest BCUT2D eigenvalue weighted by Gasteiger charge is -2.30. The number of amidine groups is 1. The lowest BCUT2D eigenvalue weighted by molar-refractivity contribution is -0.778. The fraction of sp³-hybridized carbons (Fsp3) is 0.793. The highest BCUT2D eigenvalue weighted by Crippen LogP contribution is 2.21. The van der Waals surface area contributed by atoms with E-state index >= 15 is 0 Å². The number of hydrogen-bond acceptors (Lipinski definition) is 3. The maximum absolute atomic E-state index is 11.3. The fourth-order valence-electron chi connectivity index (χ4n) is 4.88. The second-order valence-corrected chi connectivity index (χ2v) is 10.0. The first-order chi connectivity index (χ1) is 16.6. The molecule has 196 valence electrons. The summed E-state index contributed by atoms with van der Waals surface area (Å²) in [5.74, 6) is 0.168. The molecule has 0 fully saturated rings. The van der Waals surface area contributed by atoms with Crippen LogP contribution in [0, 0.1) is 0 Å². The van der Waals surface area contributed by atoms with Crippen LogP contribution in [0.15, 0.2) is 29.5 Å². The lowest BCUT2D eigenvalue weighted by Crippen LogP contribution is -2.52. The van der Waals surface area contributed by atoms with Crippen molar-refractivity contribution in [3.05, 3.63) is 24.6 Å². The van der Waals surface area contributed by atoms with E-state index in [2.05, 4.69) is 24.1 Å². The van der Waals surface area contributed by atoms with Gasteiger partial charge in [-0.15, -0.1) is 0 Å². The van der Waals surface area contributed by atoms with Crippen molar-refractivity contribution in [3.8, 4) is 0 Å². The van der Waals surface area contributed by atoms with Gasteiger partial charge in [-0.25, -0.2) is 14.3 Å². The van der Waals surface area contributed by atoms with Crippen molar-refractivity contribution in [3.63, 3.8) is 0 Å². The molecule has 1 heterocycles. The third-order valence-corrected chi connectivity index (χ3v) is 6.93. The second kappa shape index (κ2) is 20.9. The number of nitrogens with two attached hydrogens (primary N) is 1. The normalized spacial score (nSPS) is 17.6. The number of allylic oxidation sites excluding steroid dienone is 2. The van der Waals surface area contributed by atoms with Crippen molar-refractivity contribution in [2.24, 2.45) is 10.7 Å². The molecule has 0 saturated heterocycles. The zero-order valence-corrected chi connectivity index (χ0v) is 22.2. The highest BCUT2D eigenvalue weighted by atomic mass is 16.4. The minimum Gasteiger partial charge on any atom is -0.477 e. The summed E-state index contributed by atoms with van der Waals surface area (Å²) in [6.45, 7) is 3.36. The number of hydrogen-bond donors (Lipinski definition) is 2. The molecule has 34 heavy (non-hydrogen) atoms. The number of quaternary nitrogens is 1. The smallest absolute Gasteiger partial charge is 0.360 e. The van der Waals surface area contributed by atoms with Crippen molar-refractivity contribution >= 4 is 11.8 Å². The van der Waals surface area contributed by atoms with Crippen LogP contribution in [-0.2, 0) is 4.79 Å². The number of unbranched alkanes of at least 4 members (excludes halogenated alkanes) is 16. The third kappa shape index (κ3) is 14.7. The molecule has 0 spiro atoms. The van der Waals surface area contributed by atoms with E-state index in [1.165, 1.54) is 109 Å². The van der Waals surface area contributed by atoms with Gasteiger partial charge in [-0.3, -0.25) is 0 Å². The zero-order chi connectivity index (χ0) is 24.7. The van der Waals surface area contributed by atoms with E-state index in [-0.39, 0.29) is 6.54 Å². The minimum absolute atomic E-state index is 0.0452. The molecule has 1 aliphatic rings. The molecule has 0 amide bonds. The van der Waals surface area contributed by atoms with Crippen LogP contribution in [0.5, 0.6) is 0 Å². The van der Waals surface area contributed by atoms with Crippen molar-refractivity contribution in [1.29, 1.82) is 0 Å². The molecule has 0 radical (unpaired) electrons. The summed E-state index contributed by atoms with van der Waals surface area (Å²) in [7, 11) is 0. The molecule has 1 aliphatic heterocycles. The average Bonchev–Trinajstić information content (AvgIpc) is 3.19. The van der Waals surface area contributed by atoms with Gasteiger partial charge in [0.2, 0.25) is 5.84 Å². The lowest BCUT2D eigenvalue weighted by atomic mass is 10.0. The number of rotatable bonds is 24. The van der Waals surface area contributed by atoms with Crippen LogP contribution in [0.3, 0.4) is 0 Å². The van der Waals surface area contributed by atoms with Gasteiger partial charge in [-0.1, -0.05) is 109 Å². The minimum atomic E-state index is -0.797. The first-order valence-corrected chi connectivity index (χ1v) is 14.3. The van der Waals surface area contributed by atoms with Gasteiger partial charge >= 0.3 is 5.97 Å². The molecule has 3 N–H and O–H groups in total. The Kier molecular flexibility index (Phi) is 18.8. The molecule has 5 heteroatoms. The molecule has 1 unspecified atom stereocenters. The van der Waals surface area contributed by atoms with E-state index in [1.54, 1.807) is 6.20 Å². The Morgan fingerprint density at radius 2 is 1.35 bits per heavy atom. The van der Waals surface area contributed by atoms with Crippen LogP contribution in [0.1, 0.15) is 129 Å². The predicted molar refractivity (Wildman–Crippen MR) is 146 cm³/mol. The first kappa shape index (κ1) is 30.6. The molecule has 0 aromatic rings. The van der Waals surface area contributed by atoms with Crippen molar-refractivity contribution in [2.45, 2.75) is 129 Å². The predicted octanol–water partition coefficient (Wildman–Crippen LogP) is 7.72. The Bertz CT molecular complexity index is 600. The zero-order valence-electron chi connectivity index (χ0n) is 22.2. The first-order valence-electron chi connectivity index (χ1n) is 14.3. The molecular formula is C29H54N3O2+. The Hall–Kier alpha value is -1.46. The van der Waals surface area contributed by atoms with E-state index < -0.39 is 5.97 Å². The topological polar surface area (TPSA) is 75.7 Å². The molecule has 5 nitrogen and oxygen atoms in total. The standard InChI is InChI=1S/C29H53N3O2/c1-2-3-4-5-6-7-8-9-10-11-12-13-14-15-16-17-18-19-20-21-22-28-31-24-26-32(28,25-23-30)27-29(33)34/h4-5,24,26H,2-3,6-23,25,27,30H2,1H3/p+1/b5-4+. The summed E-state index contributed by atoms with van der Waals surface area (Å²) in [4.78, 5) is 15.8. The highest BCUT2D eigenvalue weighted by Gasteiger charge is 2.36. The molecule has 0 bridgehead atoms. The van der Waals surface area contributed by atoms with Gasteiger partial charge in [0.05, 0.1) is 6.20 Å². The Morgan fingerprint density at radius 3 is 1.85 bits per heavy atom. The Balaban J connectivity index is 1.88. The van der Waals surface area contributed by atoms with Gasteiger partial charge in [0.15, 0.2) is 6.54 Å². The van der Waals surface area contributed by atoms with E-state index in [1.807, 2.05) is 6.20 Å². The average molecular weight is 477 g/mol. The van der Waals surface area contributed by atoms with Gasteiger partial charge in [0.25, 0.3) is 0 Å². The van der Waals surface area contributed by atoms with Crippen molar-refractivity contribution in [2.75, 3.05) is 19.6 Å². The van der Waals surface area contributed by atoms with Gasteiger partial charge < -0.3 is 10.8 Å². The van der Waals surface area contributed by atoms with Crippen molar-refractivity contribution < 1.29 is 14.4 Å². The SMILES string of the molecule is CCC/C=C/CCCCCCCCCCCCCCCCCC1=NC=C[N+]1(CCN)CC(=O)O. The Morgan fingerprint density at radius 1 is 0.853 bits per heavy atom. The van der Waals surface area contributed by atoms with Crippen LogP contribution in [0.2, 0.25) is 0 Å². The highest BCUT2D eigenvalue weighted by molar-refractivity contribution is 5.81. The molecule has 0 saturated carbocycles. The summed E-state index contributed by atoms with van der Waals surface area (Å²) >= 11 is 0. The maximum Gasteiger partial charge on any atom is 0.360 e. The van der Waals surface area contributed by atoms with Gasteiger partial charge in [0, 0.05) is 13.0 Å². The molecule has 0 aromatic heterocycles. The van der Waals surface area contributed by atoms with E-state index in [0.717, 1.165) is 18.7 Å². The van der Waals surface area contributed by atoms with Crippen molar-refractivity contribution in [1.82, 2.24) is 0 Å². The number of carboxylic acids is 1. The summed E-state index contributed by atoms with van der Waals surface area (Å²) in [6, 6.07) is 0. The summed E-state index contributed by atoms with van der Waals surface area (Å²) < 4.78 is 0.308. The quantitative estimate of drug-likeness (QED) is 0.0850. The Labute approximate surface area is 210 Å². The number of carboxylic acid groups (broad SMARTS) is 1. The number of nitrogens with zero attached hydrogens (tertiary/aromatic N) is 2. The van der Waals surface area contributed by atoms with E-state index in [4.69, 9.17) is 5.73 Å². The monoisotopic (exact) mass is 476 g/mol. The molecule has 1 atom stereocenters. The largest absolute Gasteiger partial charge is 0.477 e. The maximum atomic E-state index is 11.3. The second-order valence-electron chi connectivity index (χ2n) is 10.0. The molecule has 0 aromatic carbocycles. The van der Waals surface area contributed by atoms with E-state index in [9.17, 15) is 9.90 Å². The summed E-state index contributed by atoms with van der Waals surface area (Å²) in [6.07, 6.45) is 33.2. The third-order valence-electron chi connectivity index (χ3n) is 6.93. The van der Waals surface area contributed by atoms with Gasteiger partial charge in [-0.05, 0) is 25.7 Å². The molecule has 1 rings (SSSR count). The molecule has 0 aliphatic carbocycles. The fourth-order valence-corrected chi connectivity index (χ4v) is 4.88. The van der Waals surface area contributed by atoms with Gasteiger partial charge in [-0.2, -0.15) is 0 Å². The van der Waals surface area contributed by atoms with Crippen LogP contribution in [0.25, 0.3) is 0 Å². The number of aliphatic carboxylic acids is 1. The summed E-state index contributed by atoms with van der Waals surface area (Å²) in [5.41, 5.74) is 5.74. The summed E-state index contributed by atoms with van der Waals surface area (Å²) in [5, 5.41) is 9.28.